The molecule has 2 atom stereocenters. The van der Waals surface area contributed by atoms with Gasteiger partial charge in [-0.05, 0) is 74.5 Å². The highest BCUT2D eigenvalue weighted by Gasteiger charge is 2.30. The van der Waals surface area contributed by atoms with Crippen LogP contribution in [-0.2, 0) is 14.3 Å². The molecular formula is C27H35Br2N3O5S. The Hall–Kier alpha value is -1.79. The molecule has 0 unspecified atom stereocenters. The zero-order chi connectivity index (χ0) is 27.9. The number of likely N-dealkylation sites (N-methyl/N-ethyl adjacent to an activating group) is 1. The van der Waals surface area contributed by atoms with Crippen molar-refractivity contribution < 1.29 is 22.2 Å². The molecule has 0 saturated carbocycles. The van der Waals surface area contributed by atoms with Crippen LogP contribution in [-0.4, -0.2) is 92.6 Å². The fraction of sp³-hybridized carbons (Fsp3) is 0.481. The second-order valence-corrected chi connectivity index (χ2v) is 12.8. The minimum Gasteiger partial charge on any atom is -0.337 e. The van der Waals surface area contributed by atoms with Crippen LogP contribution >= 0.6 is 31.9 Å². The van der Waals surface area contributed by atoms with Gasteiger partial charge >= 0.3 is 0 Å². The summed E-state index contributed by atoms with van der Waals surface area (Å²) in [5.41, 5.74) is 1.37. The Balaban J connectivity index is 0.000000211. The van der Waals surface area contributed by atoms with Gasteiger partial charge in [0.15, 0.2) is 0 Å². The zero-order valence-electron chi connectivity index (χ0n) is 22.0. The summed E-state index contributed by atoms with van der Waals surface area (Å²) in [5.74, 6) is 0.0502. The number of likely N-dealkylation sites (tertiary alicyclic amines) is 2. The van der Waals surface area contributed by atoms with Gasteiger partial charge in [0.05, 0.1) is 12.4 Å². The van der Waals surface area contributed by atoms with Crippen LogP contribution in [0.3, 0.4) is 0 Å². The molecule has 2 aromatic carbocycles. The number of halogens is 2. The molecule has 8 nitrogen and oxygen atoms in total. The largest absolute Gasteiger partial charge is 0.337 e. The van der Waals surface area contributed by atoms with Gasteiger partial charge in [0.2, 0.25) is 0 Å². The summed E-state index contributed by atoms with van der Waals surface area (Å²) in [5, 5.41) is 0. The van der Waals surface area contributed by atoms with Crippen molar-refractivity contribution in [1.82, 2.24) is 14.7 Å². The fourth-order valence-electron chi connectivity index (χ4n) is 4.75. The average Bonchev–Trinajstić information content (AvgIpc) is 3.55. The Bertz CT molecular complexity index is 1190. The van der Waals surface area contributed by atoms with Crippen LogP contribution in [0.4, 0.5) is 0 Å². The van der Waals surface area contributed by atoms with E-state index in [1.165, 1.54) is 0 Å². The normalized spacial score (nSPS) is 19.4. The third kappa shape index (κ3) is 8.87. The molecule has 2 aliphatic heterocycles. The summed E-state index contributed by atoms with van der Waals surface area (Å²) < 4.78 is 28.9. The van der Waals surface area contributed by atoms with Gasteiger partial charge in [-0.3, -0.25) is 18.7 Å². The third-order valence-corrected chi connectivity index (χ3v) is 8.38. The van der Waals surface area contributed by atoms with Crippen molar-refractivity contribution in [2.75, 3.05) is 45.5 Å². The molecule has 2 heterocycles. The fourth-order valence-corrected chi connectivity index (χ4v) is 5.93. The van der Waals surface area contributed by atoms with Gasteiger partial charge in [-0.15, -0.1) is 0 Å². The van der Waals surface area contributed by atoms with Gasteiger partial charge in [0.25, 0.3) is 21.9 Å². The molecule has 2 aliphatic rings. The predicted molar refractivity (Wildman–Crippen MR) is 156 cm³/mol. The number of hydrogen-bond acceptors (Lipinski definition) is 6. The van der Waals surface area contributed by atoms with Crippen LogP contribution in [0, 0.1) is 0 Å². The van der Waals surface area contributed by atoms with E-state index < -0.39 is 16.2 Å². The Kier molecular flexibility index (Phi) is 11.3. The molecular weight excluding hydrogens is 638 g/mol. The minimum atomic E-state index is -3.47. The van der Waals surface area contributed by atoms with Crippen molar-refractivity contribution in [3.05, 3.63) is 68.6 Å². The van der Waals surface area contributed by atoms with Gasteiger partial charge in [0.1, 0.15) is 0 Å². The van der Waals surface area contributed by atoms with Crippen LogP contribution in [0.5, 0.6) is 0 Å². The number of nitrogens with zero attached hydrogens (tertiary/aromatic N) is 3. The Labute approximate surface area is 242 Å². The molecule has 38 heavy (non-hydrogen) atoms. The Morgan fingerprint density at radius 2 is 1.29 bits per heavy atom. The summed E-state index contributed by atoms with van der Waals surface area (Å²) in [6.07, 6.45) is 2.21. The van der Waals surface area contributed by atoms with Gasteiger partial charge in [-0.1, -0.05) is 45.7 Å². The summed E-state index contributed by atoms with van der Waals surface area (Å²) in [4.78, 5) is 30.6. The van der Waals surface area contributed by atoms with E-state index in [2.05, 4.69) is 50.6 Å². The number of rotatable bonds is 7. The Morgan fingerprint density at radius 1 is 0.842 bits per heavy atom. The number of carbonyl (C=O) groups excluding carboxylic acids is 2. The van der Waals surface area contributed by atoms with Crippen molar-refractivity contribution in [3.8, 4) is 0 Å². The molecule has 0 spiro atoms. The molecule has 0 radical (unpaired) electrons. The van der Waals surface area contributed by atoms with Crippen molar-refractivity contribution in [2.24, 2.45) is 0 Å². The first-order valence-electron chi connectivity index (χ1n) is 12.7. The highest BCUT2D eigenvalue weighted by atomic mass is 79.9. The van der Waals surface area contributed by atoms with Crippen molar-refractivity contribution >= 4 is 53.8 Å². The van der Waals surface area contributed by atoms with E-state index in [9.17, 15) is 18.0 Å². The van der Waals surface area contributed by atoms with Crippen molar-refractivity contribution in [3.63, 3.8) is 0 Å². The van der Waals surface area contributed by atoms with Crippen LogP contribution in [0.25, 0.3) is 0 Å². The van der Waals surface area contributed by atoms with Gasteiger partial charge < -0.3 is 9.80 Å². The maximum atomic E-state index is 12.4. The topological polar surface area (TPSA) is 87.2 Å². The van der Waals surface area contributed by atoms with E-state index in [0.29, 0.717) is 31.1 Å². The summed E-state index contributed by atoms with van der Waals surface area (Å²) in [6.45, 7) is 9.03. The van der Waals surface area contributed by atoms with Crippen molar-refractivity contribution in [2.45, 2.75) is 38.8 Å². The standard InChI is InChI=1S/C15H21BrN2O.C12H14BrNO4S/c1-3-17(4-2)14-9-10-18(11-14)15(19)12-5-7-13(16)8-6-12;1-19(16,17)18-11-6-7-14(8-11)12(15)9-2-4-10(13)5-3-9/h5-8,14H,3-4,9-11H2,1-2H3;2-5,11H,6-8H2,1H3/t14-;11-/m01/s1. The van der Waals surface area contributed by atoms with E-state index in [1.54, 1.807) is 29.2 Å². The smallest absolute Gasteiger partial charge is 0.264 e. The van der Waals surface area contributed by atoms with Crippen LogP contribution in [0.15, 0.2) is 57.5 Å². The second kappa shape index (κ2) is 14.0. The molecule has 0 bridgehead atoms. The lowest BCUT2D eigenvalue weighted by atomic mass is 10.2. The molecule has 0 aliphatic carbocycles. The first-order valence-corrected chi connectivity index (χ1v) is 16.1. The van der Waals surface area contributed by atoms with E-state index in [1.807, 2.05) is 29.2 Å². The van der Waals surface area contributed by atoms with Gasteiger partial charge in [-0.25, -0.2) is 0 Å². The molecule has 2 saturated heterocycles. The maximum Gasteiger partial charge on any atom is 0.264 e. The van der Waals surface area contributed by atoms with Crippen LogP contribution < -0.4 is 0 Å². The predicted octanol–water partition coefficient (Wildman–Crippen LogP) is 4.65. The summed E-state index contributed by atoms with van der Waals surface area (Å²) in [7, 11) is -3.47. The second-order valence-electron chi connectivity index (χ2n) is 9.39. The minimum absolute atomic E-state index is 0.105. The summed E-state index contributed by atoms with van der Waals surface area (Å²) in [6, 6.07) is 15.2. The van der Waals surface area contributed by atoms with E-state index in [4.69, 9.17) is 4.18 Å². The van der Waals surface area contributed by atoms with Crippen molar-refractivity contribution in [1.29, 1.82) is 0 Å². The molecule has 0 N–H and O–H groups in total. The van der Waals surface area contributed by atoms with E-state index in [-0.39, 0.29) is 11.8 Å². The molecule has 2 fully saturated rings. The number of carbonyl (C=O) groups is 2. The van der Waals surface area contributed by atoms with E-state index in [0.717, 1.165) is 53.4 Å². The third-order valence-electron chi connectivity index (χ3n) is 6.70. The highest BCUT2D eigenvalue weighted by molar-refractivity contribution is 9.10. The number of amides is 2. The Morgan fingerprint density at radius 3 is 1.74 bits per heavy atom. The summed E-state index contributed by atoms with van der Waals surface area (Å²) >= 11 is 6.70. The van der Waals surface area contributed by atoms with Gasteiger partial charge in [-0.2, -0.15) is 8.42 Å². The monoisotopic (exact) mass is 671 g/mol. The molecule has 208 valence electrons. The number of hydrogen-bond donors (Lipinski definition) is 0. The molecule has 0 aromatic heterocycles. The maximum absolute atomic E-state index is 12.4. The highest BCUT2D eigenvalue weighted by Crippen LogP contribution is 2.20. The number of benzene rings is 2. The average molecular weight is 673 g/mol. The lowest BCUT2D eigenvalue weighted by molar-refractivity contribution is 0.0769. The first kappa shape index (κ1) is 30.7. The SMILES string of the molecule is CCN(CC)[C@H]1CCN(C(=O)c2ccc(Br)cc2)C1.CS(=O)(=O)O[C@@H]1CCN(C(=O)c2ccc(Br)cc2)C1. The first-order chi connectivity index (χ1) is 18.0. The molecule has 4 rings (SSSR count). The van der Waals surface area contributed by atoms with E-state index >= 15 is 0 Å². The van der Waals surface area contributed by atoms with Crippen LogP contribution in [0.2, 0.25) is 0 Å². The van der Waals surface area contributed by atoms with Crippen LogP contribution in [0.1, 0.15) is 47.4 Å². The molecule has 2 amide bonds. The zero-order valence-corrected chi connectivity index (χ0v) is 26.0. The lowest BCUT2D eigenvalue weighted by Gasteiger charge is -2.26. The molecule has 11 heteroatoms. The van der Waals surface area contributed by atoms with Gasteiger partial charge in [0, 0.05) is 52.3 Å². The molecule has 2 aromatic rings. The quantitative estimate of drug-likeness (QED) is 0.399. The lowest BCUT2D eigenvalue weighted by Crippen LogP contribution is -2.38.